The topological polar surface area (TPSA) is 30.0 Å². The van der Waals surface area contributed by atoms with Crippen LogP contribution in [-0.4, -0.2) is 16.5 Å². The zero-order valence-electron chi connectivity index (χ0n) is 7.29. The van der Waals surface area contributed by atoms with Crippen molar-refractivity contribution in [1.29, 1.82) is 0 Å². The molecule has 13 heavy (non-hydrogen) atoms. The van der Waals surface area contributed by atoms with E-state index in [0.717, 1.165) is 5.03 Å². The minimum atomic E-state index is 0.238. The Balaban J connectivity index is 2.46. The molecule has 4 heteroatoms. The normalized spacial score (nSPS) is 10.0. The van der Waals surface area contributed by atoms with Gasteiger partial charge in [0.05, 0.1) is 15.8 Å². The van der Waals surface area contributed by atoms with Crippen molar-refractivity contribution >= 4 is 29.1 Å². The van der Waals surface area contributed by atoms with Crippen LogP contribution in [0.15, 0.2) is 23.4 Å². The van der Waals surface area contributed by atoms with Gasteiger partial charge in [-0.2, -0.15) is 0 Å². The molecule has 0 bridgehead atoms. The summed E-state index contributed by atoms with van der Waals surface area (Å²) in [5, 5.41) is 1.46. The molecule has 0 aliphatic carbocycles. The lowest BCUT2D eigenvalue weighted by atomic mass is 10.4. The highest BCUT2D eigenvalue weighted by atomic mass is 35.5. The van der Waals surface area contributed by atoms with Gasteiger partial charge in [-0.05, 0) is 12.1 Å². The summed E-state index contributed by atoms with van der Waals surface area (Å²) in [6, 6.07) is 3.59. The van der Waals surface area contributed by atoms with Crippen molar-refractivity contribution < 1.29 is 4.79 Å². The molecule has 0 saturated heterocycles. The highest BCUT2D eigenvalue weighted by Gasteiger charge is 2.00. The number of hydrogen-bond acceptors (Lipinski definition) is 3. The smallest absolute Gasteiger partial charge is 0.142 e. The van der Waals surface area contributed by atoms with Crippen molar-refractivity contribution in [2.24, 2.45) is 0 Å². The number of Topliss-reactive ketones (excluding diaryl/α,β-unsaturated/α-hetero) is 1. The van der Waals surface area contributed by atoms with Crippen LogP contribution in [-0.2, 0) is 4.79 Å². The Morgan fingerprint density at radius 2 is 2.38 bits per heavy atom. The Morgan fingerprint density at radius 1 is 1.62 bits per heavy atom. The summed E-state index contributed by atoms with van der Waals surface area (Å²) in [6.07, 6.45) is 2.17. The molecule has 1 aromatic rings. The highest BCUT2D eigenvalue weighted by Crippen LogP contribution is 2.17. The van der Waals surface area contributed by atoms with Gasteiger partial charge in [-0.25, -0.2) is 4.98 Å². The third-order valence-electron chi connectivity index (χ3n) is 1.48. The number of ketones is 1. The fraction of sp³-hybridized carbons (Fsp3) is 0.333. The summed E-state index contributed by atoms with van der Waals surface area (Å²) < 4.78 is 0. The van der Waals surface area contributed by atoms with Crippen LogP contribution >= 0.6 is 23.4 Å². The van der Waals surface area contributed by atoms with E-state index in [9.17, 15) is 4.79 Å². The van der Waals surface area contributed by atoms with Crippen molar-refractivity contribution in [3.63, 3.8) is 0 Å². The first kappa shape index (κ1) is 10.5. The molecule has 1 aromatic heterocycles. The number of pyridine rings is 1. The van der Waals surface area contributed by atoms with Gasteiger partial charge >= 0.3 is 0 Å². The number of aromatic nitrogens is 1. The molecular weight excluding hydrogens is 206 g/mol. The van der Waals surface area contributed by atoms with Crippen LogP contribution in [0, 0.1) is 0 Å². The van der Waals surface area contributed by atoms with E-state index in [1.54, 1.807) is 12.3 Å². The van der Waals surface area contributed by atoms with Crippen molar-refractivity contribution in [1.82, 2.24) is 4.98 Å². The Hall–Kier alpha value is -0.540. The molecule has 0 unspecified atom stereocenters. The van der Waals surface area contributed by atoms with Gasteiger partial charge in [0.1, 0.15) is 5.78 Å². The molecule has 0 radical (unpaired) electrons. The van der Waals surface area contributed by atoms with Crippen molar-refractivity contribution in [2.75, 3.05) is 5.75 Å². The van der Waals surface area contributed by atoms with E-state index in [4.69, 9.17) is 11.6 Å². The van der Waals surface area contributed by atoms with Gasteiger partial charge < -0.3 is 0 Å². The molecule has 0 spiro atoms. The molecule has 0 amide bonds. The maximum atomic E-state index is 11.0. The number of thioether (sulfide) groups is 1. The molecule has 0 aromatic carbocycles. The molecule has 2 nitrogen and oxygen atoms in total. The van der Waals surface area contributed by atoms with Crippen LogP contribution in [0.4, 0.5) is 0 Å². The first-order valence-corrected chi connectivity index (χ1v) is 5.34. The van der Waals surface area contributed by atoms with E-state index in [0.29, 0.717) is 17.2 Å². The van der Waals surface area contributed by atoms with Gasteiger partial charge in [-0.15, -0.1) is 0 Å². The fourth-order valence-corrected chi connectivity index (χ4v) is 1.62. The zero-order chi connectivity index (χ0) is 9.68. The van der Waals surface area contributed by atoms with Crippen LogP contribution in [0.25, 0.3) is 0 Å². The standard InChI is InChI=1S/C9H10ClNOS/c1-2-8(12)6-13-9-4-3-7(10)5-11-9/h3-5H,2,6H2,1H3. The number of rotatable bonds is 4. The second-order valence-electron chi connectivity index (χ2n) is 2.50. The lowest BCUT2D eigenvalue weighted by molar-refractivity contribution is -0.116. The summed E-state index contributed by atoms with van der Waals surface area (Å²) in [5.41, 5.74) is 0. The van der Waals surface area contributed by atoms with Gasteiger partial charge in [-0.3, -0.25) is 4.79 Å². The Labute approximate surface area is 86.7 Å². The van der Waals surface area contributed by atoms with Crippen molar-refractivity contribution in [3.8, 4) is 0 Å². The lowest BCUT2D eigenvalue weighted by Crippen LogP contribution is -1.98. The summed E-state index contributed by atoms with van der Waals surface area (Å²) in [7, 11) is 0. The van der Waals surface area contributed by atoms with Crippen molar-refractivity contribution in [3.05, 3.63) is 23.4 Å². The average molecular weight is 216 g/mol. The first-order valence-electron chi connectivity index (χ1n) is 3.98. The molecule has 0 fully saturated rings. The number of halogens is 1. The fourth-order valence-electron chi connectivity index (χ4n) is 0.704. The van der Waals surface area contributed by atoms with Crippen LogP contribution in [0.5, 0.6) is 0 Å². The third kappa shape index (κ3) is 3.79. The van der Waals surface area contributed by atoms with Crippen LogP contribution < -0.4 is 0 Å². The highest BCUT2D eigenvalue weighted by molar-refractivity contribution is 7.99. The summed E-state index contributed by atoms with van der Waals surface area (Å²) in [4.78, 5) is 15.0. The Bertz CT molecular complexity index is 286. The second kappa shape index (κ2) is 5.25. The minimum absolute atomic E-state index is 0.238. The molecule has 1 rings (SSSR count). The van der Waals surface area contributed by atoms with E-state index in [-0.39, 0.29) is 5.78 Å². The molecule has 0 atom stereocenters. The molecule has 0 aliphatic heterocycles. The molecule has 0 saturated carbocycles. The van der Waals surface area contributed by atoms with Gasteiger partial charge in [-0.1, -0.05) is 30.3 Å². The largest absolute Gasteiger partial charge is 0.299 e. The number of hydrogen-bond donors (Lipinski definition) is 0. The van der Waals surface area contributed by atoms with Gasteiger partial charge in [0.15, 0.2) is 0 Å². The monoisotopic (exact) mass is 215 g/mol. The third-order valence-corrected chi connectivity index (χ3v) is 2.70. The van der Waals surface area contributed by atoms with E-state index < -0.39 is 0 Å². The SMILES string of the molecule is CCC(=O)CSc1ccc(Cl)cn1. The van der Waals surface area contributed by atoms with Gasteiger partial charge in [0.2, 0.25) is 0 Å². The number of carbonyl (C=O) groups is 1. The quantitative estimate of drug-likeness (QED) is 0.724. The minimum Gasteiger partial charge on any atom is -0.299 e. The molecular formula is C9H10ClNOS. The number of nitrogens with zero attached hydrogens (tertiary/aromatic N) is 1. The van der Waals surface area contributed by atoms with Crippen molar-refractivity contribution in [2.45, 2.75) is 18.4 Å². The molecule has 0 aliphatic rings. The van der Waals surface area contributed by atoms with E-state index >= 15 is 0 Å². The second-order valence-corrected chi connectivity index (χ2v) is 3.93. The summed E-state index contributed by atoms with van der Waals surface area (Å²) in [6.45, 7) is 1.86. The summed E-state index contributed by atoms with van der Waals surface area (Å²) >= 11 is 7.11. The first-order chi connectivity index (χ1) is 6.22. The van der Waals surface area contributed by atoms with Gasteiger partial charge in [0, 0.05) is 12.6 Å². The molecule has 1 heterocycles. The number of carbonyl (C=O) groups excluding carboxylic acids is 1. The maximum Gasteiger partial charge on any atom is 0.142 e. The Morgan fingerprint density at radius 3 is 2.92 bits per heavy atom. The van der Waals surface area contributed by atoms with Crippen LogP contribution in [0.1, 0.15) is 13.3 Å². The van der Waals surface area contributed by atoms with E-state index in [1.165, 1.54) is 11.8 Å². The lowest BCUT2D eigenvalue weighted by Gasteiger charge is -1.98. The van der Waals surface area contributed by atoms with Crippen LogP contribution in [0.3, 0.4) is 0 Å². The molecule has 70 valence electrons. The predicted octanol–water partition coefficient (Wildman–Crippen LogP) is 2.81. The zero-order valence-corrected chi connectivity index (χ0v) is 8.86. The van der Waals surface area contributed by atoms with Crippen LogP contribution in [0.2, 0.25) is 5.02 Å². The van der Waals surface area contributed by atoms with Gasteiger partial charge in [0.25, 0.3) is 0 Å². The Kier molecular flexibility index (Phi) is 4.25. The maximum absolute atomic E-state index is 11.0. The van der Waals surface area contributed by atoms with E-state index in [2.05, 4.69) is 4.98 Å². The van der Waals surface area contributed by atoms with E-state index in [1.807, 2.05) is 13.0 Å². The average Bonchev–Trinajstić information content (AvgIpc) is 2.16. The summed E-state index contributed by atoms with van der Waals surface area (Å²) in [5.74, 6) is 0.729. The predicted molar refractivity (Wildman–Crippen MR) is 55.3 cm³/mol. The molecule has 0 N–H and O–H groups in total.